The fourth-order valence-electron chi connectivity index (χ4n) is 7.24. The van der Waals surface area contributed by atoms with E-state index in [1.807, 2.05) is 19.1 Å². The number of rotatable bonds is 7. The molecule has 16 heteroatoms. The van der Waals surface area contributed by atoms with Crippen LogP contribution in [0.4, 0.5) is 4.79 Å². The topological polar surface area (TPSA) is 193 Å². The minimum atomic E-state index is -3.91. The number of carboxylic acid groups (broad SMARTS) is 1. The Morgan fingerprint density at radius 2 is 1.92 bits per heavy atom. The summed E-state index contributed by atoms with van der Waals surface area (Å²) in [4.78, 5) is 59.9. The minimum absolute atomic E-state index is 0.0174. The zero-order valence-electron chi connectivity index (χ0n) is 28.1. The van der Waals surface area contributed by atoms with E-state index < -0.39 is 74.7 Å². The average molecular weight is 732 g/mol. The highest BCUT2D eigenvalue weighted by Gasteiger charge is 2.62. The standard InChI is InChI=1S/C34H42ClN5O9S/c1-18-7-4-5-8-20-15-34(20,32(43)39-50(46,47)22-11-12-22)38-29(41)25-14-21(17-40(25)31(42)28(19(2)13-18)37-33(44)45)49-30-23-9-6-10-24(35)27(23)26(48-3)16-36-30/h5-6,8-10,16,18-22,25,28,37H,4,7,11-15,17H2,1-3H3,(H,38,41)(H,39,43)(H,44,45)/b8-5-/t18-,19+,20+,21+,25-,28-,34+/m0/s1. The van der Waals surface area contributed by atoms with Gasteiger partial charge >= 0.3 is 6.09 Å². The van der Waals surface area contributed by atoms with Crippen molar-refractivity contribution in [3.63, 3.8) is 0 Å². The van der Waals surface area contributed by atoms with Crippen molar-refractivity contribution < 1.29 is 42.2 Å². The third-order valence-corrected chi connectivity index (χ3v) is 12.3. The second kappa shape index (κ2) is 13.9. The Morgan fingerprint density at radius 3 is 2.62 bits per heavy atom. The summed E-state index contributed by atoms with van der Waals surface area (Å²) in [6, 6.07) is 2.84. The predicted molar refractivity (Wildman–Crippen MR) is 183 cm³/mol. The quantitative estimate of drug-likeness (QED) is 0.307. The van der Waals surface area contributed by atoms with E-state index in [0.717, 1.165) is 6.42 Å². The number of amides is 4. The van der Waals surface area contributed by atoms with Crippen molar-refractivity contribution >= 4 is 56.2 Å². The molecule has 1 saturated heterocycles. The number of nitrogens with zero attached hydrogens (tertiary/aromatic N) is 2. The number of hydrogen-bond acceptors (Lipinski definition) is 9. The molecule has 3 fully saturated rings. The van der Waals surface area contributed by atoms with Crippen LogP contribution in [0.5, 0.6) is 11.6 Å². The van der Waals surface area contributed by atoms with Gasteiger partial charge in [0.05, 0.1) is 30.1 Å². The molecule has 3 heterocycles. The van der Waals surface area contributed by atoms with Crippen LogP contribution in [0.2, 0.25) is 5.02 Å². The van der Waals surface area contributed by atoms with Gasteiger partial charge in [0.1, 0.15) is 29.5 Å². The number of hydrogen-bond donors (Lipinski definition) is 4. The third kappa shape index (κ3) is 7.20. The second-order valence-electron chi connectivity index (χ2n) is 14.0. The second-order valence-corrected chi connectivity index (χ2v) is 16.3. The Balaban J connectivity index is 1.35. The number of sulfonamides is 1. The van der Waals surface area contributed by atoms with Crippen LogP contribution in [-0.2, 0) is 24.4 Å². The Kier molecular flexibility index (Phi) is 9.92. The SMILES string of the molecule is COc1cnc(O[C@@H]2C[C@H]3C(=O)N[C@]4(C(=O)NS(=O)(=O)C5CC5)C[C@H]4/C=C\CC[C@H](C)C[C@@H](C)[C@H](NC(=O)O)C(=O)N3C2)c2cccc(Cl)c12. The smallest absolute Gasteiger partial charge is 0.405 e. The van der Waals surface area contributed by atoms with Crippen molar-refractivity contribution in [2.24, 2.45) is 17.8 Å². The summed E-state index contributed by atoms with van der Waals surface area (Å²) in [5.41, 5.74) is -1.54. The van der Waals surface area contributed by atoms with Gasteiger partial charge in [-0.15, -0.1) is 0 Å². The predicted octanol–water partition coefficient (Wildman–Crippen LogP) is 3.38. The molecule has 1 aromatic heterocycles. The van der Waals surface area contributed by atoms with Gasteiger partial charge in [-0.05, 0) is 62.5 Å². The molecule has 14 nitrogen and oxygen atoms in total. The molecule has 0 bridgehead atoms. The Labute approximate surface area is 295 Å². The average Bonchev–Trinajstić information content (AvgIpc) is 3.98. The van der Waals surface area contributed by atoms with Gasteiger partial charge in [-0.25, -0.2) is 18.2 Å². The highest BCUT2D eigenvalue weighted by atomic mass is 35.5. The van der Waals surface area contributed by atoms with Gasteiger partial charge < -0.3 is 30.1 Å². The molecule has 2 saturated carbocycles. The third-order valence-electron chi connectivity index (χ3n) is 10.2. The van der Waals surface area contributed by atoms with Gasteiger partial charge in [0, 0.05) is 23.1 Å². The normalized spacial score (nSPS) is 30.9. The first-order valence-electron chi connectivity index (χ1n) is 16.9. The van der Waals surface area contributed by atoms with Crippen LogP contribution >= 0.6 is 11.6 Å². The number of fused-ring (bicyclic) bond motifs is 3. The van der Waals surface area contributed by atoms with Gasteiger partial charge in [0.25, 0.3) is 5.91 Å². The maximum atomic E-state index is 14.3. The maximum Gasteiger partial charge on any atom is 0.405 e. The van der Waals surface area contributed by atoms with E-state index in [0.29, 0.717) is 47.2 Å². The molecular formula is C34H42ClN5O9S. The van der Waals surface area contributed by atoms with Crippen LogP contribution in [-0.4, -0.2) is 89.9 Å². The molecule has 4 aliphatic rings. The summed E-state index contributed by atoms with van der Waals surface area (Å²) < 4.78 is 39.5. The maximum absolute atomic E-state index is 14.3. The van der Waals surface area contributed by atoms with Gasteiger partial charge in [0.15, 0.2) is 0 Å². The van der Waals surface area contributed by atoms with E-state index in [2.05, 4.69) is 20.3 Å². The van der Waals surface area contributed by atoms with Crippen molar-refractivity contribution in [1.29, 1.82) is 0 Å². The van der Waals surface area contributed by atoms with E-state index in [-0.39, 0.29) is 31.2 Å². The Morgan fingerprint density at radius 1 is 1.16 bits per heavy atom. The summed E-state index contributed by atoms with van der Waals surface area (Å²) in [7, 11) is -2.42. The lowest BCUT2D eigenvalue weighted by Crippen LogP contribution is -2.59. The van der Waals surface area contributed by atoms with E-state index in [9.17, 15) is 32.7 Å². The lowest BCUT2D eigenvalue weighted by Gasteiger charge is -2.32. The molecule has 2 aliphatic heterocycles. The number of halogens is 1. The van der Waals surface area contributed by atoms with Crippen molar-refractivity contribution in [3.8, 4) is 11.6 Å². The van der Waals surface area contributed by atoms with Crippen molar-refractivity contribution in [3.05, 3.63) is 41.6 Å². The zero-order chi connectivity index (χ0) is 36.0. The number of allylic oxidation sites excluding steroid dienone is 1. The number of pyridine rings is 1. The fraction of sp³-hybridized carbons (Fsp3) is 0.559. The number of carbonyl (C=O) groups is 4. The number of carbonyl (C=O) groups excluding carboxylic acids is 3. The van der Waals surface area contributed by atoms with Crippen LogP contribution in [0.1, 0.15) is 58.8 Å². The largest absolute Gasteiger partial charge is 0.494 e. The lowest BCUT2D eigenvalue weighted by atomic mass is 9.88. The molecule has 1 aromatic carbocycles. The molecule has 7 atom stereocenters. The summed E-state index contributed by atoms with van der Waals surface area (Å²) in [5, 5.41) is 15.8. The number of nitrogens with one attached hydrogen (secondary N) is 3. The monoisotopic (exact) mass is 731 g/mol. The molecule has 4 N–H and O–H groups in total. The molecule has 0 radical (unpaired) electrons. The van der Waals surface area contributed by atoms with E-state index >= 15 is 0 Å². The number of methoxy groups -OCH3 is 1. The first-order valence-corrected chi connectivity index (χ1v) is 18.8. The highest BCUT2D eigenvalue weighted by molar-refractivity contribution is 7.91. The Bertz CT molecular complexity index is 1840. The van der Waals surface area contributed by atoms with Gasteiger partial charge in [-0.2, -0.15) is 0 Å². The summed E-state index contributed by atoms with van der Waals surface area (Å²) in [6.45, 7) is 3.73. The summed E-state index contributed by atoms with van der Waals surface area (Å²) in [6.07, 6.45) is 6.06. The molecule has 4 amide bonds. The number of benzene rings is 1. The minimum Gasteiger partial charge on any atom is -0.494 e. The zero-order valence-corrected chi connectivity index (χ0v) is 29.6. The molecule has 0 unspecified atom stereocenters. The highest BCUT2D eigenvalue weighted by Crippen LogP contribution is 2.46. The summed E-state index contributed by atoms with van der Waals surface area (Å²) >= 11 is 6.49. The van der Waals surface area contributed by atoms with Crippen LogP contribution < -0.4 is 24.8 Å². The van der Waals surface area contributed by atoms with E-state index in [1.165, 1.54) is 18.2 Å². The number of aromatic nitrogens is 1. The van der Waals surface area contributed by atoms with Crippen LogP contribution in [0, 0.1) is 17.8 Å². The molecule has 0 spiro atoms. The van der Waals surface area contributed by atoms with E-state index in [1.54, 1.807) is 25.1 Å². The van der Waals surface area contributed by atoms with Crippen LogP contribution in [0.25, 0.3) is 10.8 Å². The van der Waals surface area contributed by atoms with Gasteiger partial charge in [-0.1, -0.05) is 43.7 Å². The lowest BCUT2D eigenvalue weighted by molar-refractivity contribution is -0.142. The molecule has 270 valence electrons. The molecule has 50 heavy (non-hydrogen) atoms. The van der Waals surface area contributed by atoms with Crippen LogP contribution in [0.15, 0.2) is 36.5 Å². The van der Waals surface area contributed by atoms with E-state index in [4.69, 9.17) is 21.1 Å². The van der Waals surface area contributed by atoms with Gasteiger partial charge in [-0.3, -0.25) is 19.1 Å². The number of ether oxygens (including phenoxy) is 2. The van der Waals surface area contributed by atoms with Crippen molar-refractivity contribution in [2.45, 2.75) is 87.8 Å². The first-order chi connectivity index (χ1) is 23.7. The summed E-state index contributed by atoms with van der Waals surface area (Å²) in [5.74, 6) is -2.24. The van der Waals surface area contributed by atoms with Crippen molar-refractivity contribution in [2.75, 3.05) is 13.7 Å². The molecule has 6 rings (SSSR count). The molecular weight excluding hydrogens is 690 g/mol. The van der Waals surface area contributed by atoms with Crippen molar-refractivity contribution in [1.82, 2.24) is 25.2 Å². The molecule has 2 aromatic rings. The van der Waals surface area contributed by atoms with Crippen LogP contribution in [0.3, 0.4) is 0 Å². The first kappa shape index (κ1) is 35.7. The molecule has 2 aliphatic carbocycles. The van der Waals surface area contributed by atoms with Gasteiger partial charge in [0.2, 0.25) is 27.7 Å². The fourth-order valence-corrected chi connectivity index (χ4v) is 8.87. The Hall–Kier alpha value is -4.11.